The molecule has 0 radical (unpaired) electrons. The SMILES string of the molecule is CC[C@H]1OC(=O)[C@H](C)[C@@H](O)[C@H](C)[C@@H](O[C@@H]2O[C@H](C)C[C@H](N(C)C)[C@H]2C)[C@@](C)(O)C[C@@H](C)[C@@H]2OC1(C)[C@@H](NC(=O)OCc1ccccc1)[C@H]2C. The van der Waals surface area contributed by atoms with Crippen molar-refractivity contribution in [2.24, 2.45) is 29.6 Å². The first-order valence-corrected chi connectivity index (χ1v) is 18.1. The molecule has 4 rings (SSSR count). The number of carbonyl (C=O) groups is 2. The molecule has 1 aromatic rings. The third kappa shape index (κ3) is 8.61. The first-order valence-electron chi connectivity index (χ1n) is 18.1. The largest absolute Gasteiger partial charge is 0.459 e. The molecule has 49 heavy (non-hydrogen) atoms. The molecule has 278 valence electrons. The van der Waals surface area contributed by atoms with E-state index in [2.05, 4.69) is 17.1 Å². The van der Waals surface area contributed by atoms with Crippen molar-refractivity contribution in [3.8, 4) is 0 Å². The minimum Gasteiger partial charge on any atom is -0.459 e. The zero-order valence-corrected chi connectivity index (χ0v) is 31.4. The maximum absolute atomic E-state index is 13.8. The molecule has 15 atom stereocenters. The molecule has 1 unspecified atom stereocenters. The summed E-state index contributed by atoms with van der Waals surface area (Å²) < 4.78 is 31.7. The third-order valence-corrected chi connectivity index (χ3v) is 11.5. The number of rotatable bonds is 7. The summed E-state index contributed by atoms with van der Waals surface area (Å²) in [6.07, 6.45) is -3.03. The fourth-order valence-corrected chi connectivity index (χ4v) is 8.74. The number of hydrogen-bond acceptors (Lipinski definition) is 10. The van der Waals surface area contributed by atoms with Gasteiger partial charge in [0, 0.05) is 23.8 Å². The molecule has 3 saturated heterocycles. The molecule has 11 heteroatoms. The number of ether oxygens (including phenoxy) is 5. The first-order chi connectivity index (χ1) is 22.9. The smallest absolute Gasteiger partial charge is 0.407 e. The van der Waals surface area contributed by atoms with E-state index in [1.807, 2.05) is 86.0 Å². The number of fused-ring (bicyclic) bond motifs is 2. The van der Waals surface area contributed by atoms with Gasteiger partial charge in [0.2, 0.25) is 0 Å². The molecule has 0 saturated carbocycles. The highest BCUT2D eigenvalue weighted by atomic mass is 16.7. The van der Waals surface area contributed by atoms with Gasteiger partial charge in [-0.2, -0.15) is 0 Å². The normalized spacial score (nSPS) is 43.6. The lowest BCUT2D eigenvalue weighted by molar-refractivity contribution is -0.285. The third-order valence-electron chi connectivity index (χ3n) is 11.5. The van der Waals surface area contributed by atoms with Crippen LogP contribution in [0.15, 0.2) is 30.3 Å². The number of cyclic esters (lactones) is 1. The number of aliphatic hydroxyl groups is 2. The highest BCUT2D eigenvalue weighted by Crippen LogP contribution is 2.46. The van der Waals surface area contributed by atoms with Gasteiger partial charge >= 0.3 is 12.1 Å². The van der Waals surface area contributed by atoms with Crippen LogP contribution in [0.2, 0.25) is 0 Å². The van der Waals surface area contributed by atoms with Crippen molar-refractivity contribution in [3.63, 3.8) is 0 Å². The maximum Gasteiger partial charge on any atom is 0.407 e. The molecular weight excluding hydrogens is 628 g/mol. The molecule has 11 nitrogen and oxygen atoms in total. The van der Waals surface area contributed by atoms with Gasteiger partial charge in [0.25, 0.3) is 0 Å². The highest BCUT2D eigenvalue weighted by molar-refractivity contribution is 5.73. The Bertz CT molecular complexity index is 1250. The van der Waals surface area contributed by atoms with Gasteiger partial charge in [-0.15, -0.1) is 0 Å². The fraction of sp³-hybridized carbons (Fsp3) is 0.789. The van der Waals surface area contributed by atoms with Crippen LogP contribution in [0.5, 0.6) is 0 Å². The van der Waals surface area contributed by atoms with Crippen molar-refractivity contribution in [1.29, 1.82) is 0 Å². The molecule has 3 fully saturated rings. The van der Waals surface area contributed by atoms with Crippen LogP contribution in [0.1, 0.15) is 87.1 Å². The Hall–Kier alpha value is -2.28. The summed E-state index contributed by atoms with van der Waals surface area (Å²) in [6, 6.07) is 9.05. The van der Waals surface area contributed by atoms with Gasteiger partial charge in [-0.25, -0.2) is 4.79 Å². The molecule has 0 aliphatic carbocycles. The predicted octanol–water partition coefficient (Wildman–Crippen LogP) is 4.91. The van der Waals surface area contributed by atoms with E-state index in [-0.39, 0.29) is 42.9 Å². The maximum atomic E-state index is 13.8. The molecule has 3 aliphatic rings. The van der Waals surface area contributed by atoms with E-state index in [1.165, 1.54) is 0 Å². The second-order valence-corrected chi connectivity index (χ2v) is 15.8. The van der Waals surface area contributed by atoms with Gasteiger partial charge < -0.3 is 44.1 Å². The summed E-state index contributed by atoms with van der Waals surface area (Å²) >= 11 is 0. The summed E-state index contributed by atoms with van der Waals surface area (Å²) in [4.78, 5) is 29.2. The topological polar surface area (TPSA) is 136 Å². The number of esters is 1. The van der Waals surface area contributed by atoms with E-state index >= 15 is 0 Å². The van der Waals surface area contributed by atoms with Crippen molar-refractivity contribution in [1.82, 2.24) is 10.2 Å². The van der Waals surface area contributed by atoms with Crippen LogP contribution in [0.3, 0.4) is 0 Å². The van der Waals surface area contributed by atoms with E-state index in [0.717, 1.165) is 12.0 Å². The standard InChI is InChI=1S/C38H62N2O9/c1-12-29-38(9)32(39-36(43)45-20-27-16-14-13-15-17-27)26(7)31(49-38)21(2)19-37(8,44)33(24(5)30(41)25(6)34(42)47-29)48-35-23(4)28(40(10)11)18-22(3)46-35/h13-17,21-26,28-33,35,41,44H,12,18-20H2,1-11H3,(H,39,43)/t21-,22-,23-,24+,25-,26+,28+,29-,30+,31+,32+,33-,35+,37+,38?/m1/s1. The molecule has 1 aromatic carbocycles. The molecule has 2 bridgehead atoms. The van der Waals surface area contributed by atoms with Gasteiger partial charge in [-0.05, 0) is 72.5 Å². The molecule has 0 spiro atoms. The van der Waals surface area contributed by atoms with E-state index in [9.17, 15) is 19.8 Å². The van der Waals surface area contributed by atoms with Gasteiger partial charge in [0.05, 0.1) is 42.0 Å². The van der Waals surface area contributed by atoms with Gasteiger partial charge in [0.15, 0.2) is 6.29 Å². The lowest BCUT2D eigenvalue weighted by atomic mass is 9.74. The lowest BCUT2D eigenvalue weighted by Gasteiger charge is -2.47. The van der Waals surface area contributed by atoms with Crippen LogP contribution in [0.4, 0.5) is 4.79 Å². The van der Waals surface area contributed by atoms with Crippen LogP contribution in [0, 0.1) is 29.6 Å². The van der Waals surface area contributed by atoms with Crippen LogP contribution in [-0.2, 0) is 35.1 Å². The quantitative estimate of drug-likeness (QED) is 0.339. The van der Waals surface area contributed by atoms with Gasteiger partial charge in [0.1, 0.15) is 18.3 Å². The second-order valence-electron chi connectivity index (χ2n) is 15.8. The number of amides is 1. The van der Waals surface area contributed by atoms with Crippen molar-refractivity contribution < 1.29 is 43.5 Å². The van der Waals surface area contributed by atoms with E-state index in [0.29, 0.717) is 6.42 Å². The van der Waals surface area contributed by atoms with Crippen molar-refractivity contribution in [2.75, 3.05) is 14.1 Å². The Kier molecular flexibility index (Phi) is 12.9. The molecule has 3 heterocycles. The number of nitrogens with one attached hydrogen (secondary N) is 1. The highest BCUT2D eigenvalue weighted by Gasteiger charge is 2.59. The van der Waals surface area contributed by atoms with Crippen LogP contribution >= 0.6 is 0 Å². The van der Waals surface area contributed by atoms with E-state index in [4.69, 9.17) is 23.7 Å². The zero-order valence-electron chi connectivity index (χ0n) is 31.4. The molecule has 1 amide bonds. The Balaban J connectivity index is 1.67. The predicted molar refractivity (Wildman–Crippen MR) is 185 cm³/mol. The number of alkyl carbamates (subject to hydrolysis) is 1. The molecule has 3 aliphatic heterocycles. The minimum absolute atomic E-state index is 0.0200. The van der Waals surface area contributed by atoms with E-state index < -0.39 is 71.8 Å². The number of carbonyl (C=O) groups excluding carboxylic acids is 2. The zero-order chi connectivity index (χ0) is 36.4. The van der Waals surface area contributed by atoms with Gasteiger partial charge in [-0.1, -0.05) is 65.0 Å². The summed E-state index contributed by atoms with van der Waals surface area (Å²) in [6.45, 7) is 17.2. The first kappa shape index (κ1) is 39.5. The lowest BCUT2D eigenvalue weighted by Crippen LogP contribution is -2.58. The van der Waals surface area contributed by atoms with Crippen molar-refractivity contribution >= 4 is 12.1 Å². The number of aliphatic hydroxyl groups excluding tert-OH is 1. The average Bonchev–Trinajstić information content (AvgIpc) is 3.30. The number of benzene rings is 1. The minimum atomic E-state index is -1.46. The second kappa shape index (κ2) is 15.9. The average molecular weight is 691 g/mol. The number of nitrogens with zero attached hydrogens (tertiary/aromatic N) is 1. The van der Waals surface area contributed by atoms with Crippen LogP contribution < -0.4 is 5.32 Å². The fourth-order valence-electron chi connectivity index (χ4n) is 8.74. The molecule has 0 aromatic heterocycles. The van der Waals surface area contributed by atoms with Crippen molar-refractivity contribution in [2.45, 2.75) is 148 Å². The van der Waals surface area contributed by atoms with Crippen LogP contribution in [-0.4, -0.2) is 101 Å². The Morgan fingerprint density at radius 3 is 2.31 bits per heavy atom. The Morgan fingerprint density at radius 2 is 1.69 bits per heavy atom. The summed E-state index contributed by atoms with van der Waals surface area (Å²) in [5, 5.41) is 27.1. The van der Waals surface area contributed by atoms with E-state index in [1.54, 1.807) is 13.8 Å². The van der Waals surface area contributed by atoms with Crippen molar-refractivity contribution in [3.05, 3.63) is 35.9 Å². The summed E-state index contributed by atoms with van der Waals surface area (Å²) in [5.41, 5.74) is -1.72. The summed E-state index contributed by atoms with van der Waals surface area (Å²) in [7, 11) is 4.08. The Labute approximate surface area is 293 Å². The van der Waals surface area contributed by atoms with Gasteiger partial charge in [-0.3, -0.25) is 4.79 Å². The number of hydrogen-bond donors (Lipinski definition) is 3. The molecule has 3 N–H and O–H groups in total. The van der Waals surface area contributed by atoms with Crippen LogP contribution in [0.25, 0.3) is 0 Å². The Morgan fingerprint density at radius 1 is 1.04 bits per heavy atom. The summed E-state index contributed by atoms with van der Waals surface area (Å²) in [5.74, 6) is -2.67. The molecular formula is C38H62N2O9. The monoisotopic (exact) mass is 690 g/mol.